The summed E-state index contributed by atoms with van der Waals surface area (Å²) < 4.78 is 10.8. The summed E-state index contributed by atoms with van der Waals surface area (Å²) in [6.07, 6.45) is -0.0518. The predicted molar refractivity (Wildman–Crippen MR) is 124 cm³/mol. The number of anilines is 1. The number of esters is 1. The molecule has 1 saturated heterocycles. The number of carbonyl (C=O) groups excluding carboxylic acids is 3. The summed E-state index contributed by atoms with van der Waals surface area (Å²) in [5.41, 5.74) is 1.71. The molecule has 3 aromatic rings. The van der Waals surface area contributed by atoms with Crippen molar-refractivity contribution in [3.8, 4) is 11.1 Å². The molecule has 1 aliphatic heterocycles. The number of hydrogen-bond acceptors (Lipinski definition) is 7. The first-order chi connectivity index (χ1) is 15.5. The minimum atomic E-state index is -0.652. The third-order valence-electron chi connectivity index (χ3n) is 4.97. The number of amides is 2. The molecule has 0 bridgehead atoms. The van der Waals surface area contributed by atoms with E-state index in [9.17, 15) is 14.4 Å². The van der Waals surface area contributed by atoms with E-state index in [1.54, 1.807) is 22.4 Å². The van der Waals surface area contributed by atoms with Gasteiger partial charge in [0.25, 0.3) is 11.8 Å². The Balaban J connectivity index is 1.54. The van der Waals surface area contributed by atoms with Gasteiger partial charge in [0.15, 0.2) is 6.61 Å². The lowest BCUT2D eigenvalue weighted by atomic mass is 10.0. The molecule has 1 fully saturated rings. The summed E-state index contributed by atoms with van der Waals surface area (Å²) in [5, 5.41) is 6.83. The van der Waals surface area contributed by atoms with Crippen LogP contribution in [0.2, 0.25) is 0 Å². The first-order valence-corrected chi connectivity index (χ1v) is 11.9. The van der Waals surface area contributed by atoms with E-state index < -0.39 is 5.97 Å². The maximum Gasteiger partial charge on any atom is 0.342 e. The van der Waals surface area contributed by atoms with Crippen LogP contribution in [0.25, 0.3) is 11.1 Å². The number of hydrogen-bond donors (Lipinski definition) is 1. The van der Waals surface area contributed by atoms with Crippen LogP contribution in [-0.2, 0) is 14.3 Å². The van der Waals surface area contributed by atoms with Crippen molar-refractivity contribution in [3.05, 3.63) is 63.7 Å². The molecule has 4 rings (SSSR count). The molecule has 0 radical (unpaired) electrons. The zero-order valence-electron chi connectivity index (χ0n) is 17.4. The molecule has 1 unspecified atom stereocenters. The van der Waals surface area contributed by atoms with Gasteiger partial charge in [-0.15, -0.1) is 22.7 Å². The van der Waals surface area contributed by atoms with Crippen molar-refractivity contribution in [3.63, 3.8) is 0 Å². The quantitative estimate of drug-likeness (QED) is 0.548. The summed E-state index contributed by atoms with van der Waals surface area (Å²) in [6, 6.07) is 12.9. The number of carbonyl (C=O) groups is 3. The second-order valence-electron chi connectivity index (χ2n) is 7.25. The van der Waals surface area contributed by atoms with Gasteiger partial charge in [-0.1, -0.05) is 36.4 Å². The zero-order valence-corrected chi connectivity index (χ0v) is 19.0. The molecule has 1 aromatic carbocycles. The fraction of sp³-hybridized carbons (Fsp3) is 0.261. The van der Waals surface area contributed by atoms with Crippen molar-refractivity contribution in [1.29, 1.82) is 0 Å². The Morgan fingerprint density at radius 3 is 2.69 bits per heavy atom. The van der Waals surface area contributed by atoms with E-state index in [-0.39, 0.29) is 30.1 Å². The van der Waals surface area contributed by atoms with Crippen molar-refractivity contribution in [2.24, 2.45) is 0 Å². The minimum Gasteiger partial charge on any atom is -0.452 e. The molecule has 166 valence electrons. The maximum absolute atomic E-state index is 13.1. The minimum absolute atomic E-state index is 0.0518. The van der Waals surface area contributed by atoms with E-state index in [1.165, 1.54) is 22.7 Å². The van der Waals surface area contributed by atoms with Gasteiger partial charge in [-0.2, -0.15) is 0 Å². The Hall–Kier alpha value is -3.01. The molecular weight excluding hydrogens is 448 g/mol. The van der Waals surface area contributed by atoms with Gasteiger partial charge in [-0.3, -0.25) is 9.59 Å². The molecule has 32 heavy (non-hydrogen) atoms. The first kappa shape index (κ1) is 22.2. The molecule has 7 nitrogen and oxygen atoms in total. The van der Waals surface area contributed by atoms with Crippen LogP contribution in [0.1, 0.15) is 27.0 Å². The molecular formula is C23H22N2O5S2. The van der Waals surface area contributed by atoms with Gasteiger partial charge in [0, 0.05) is 24.0 Å². The van der Waals surface area contributed by atoms with Gasteiger partial charge in [0.05, 0.1) is 17.6 Å². The average molecular weight is 471 g/mol. The van der Waals surface area contributed by atoms with Crippen LogP contribution in [0, 0.1) is 0 Å². The van der Waals surface area contributed by atoms with Crippen molar-refractivity contribution >= 4 is 45.5 Å². The molecule has 0 spiro atoms. The Labute approximate surface area is 193 Å². The Kier molecular flexibility index (Phi) is 6.99. The summed E-state index contributed by atoms with van der Waals surface area (Å²) >= 11 is 2.56. The molecule has 0 aliphatic carbocycles. The number of benzene rings is 1. The standard InChI is InChI=1S/C23H22N2O5S2/c1-15-12-25(9-10-29-15)19(26)13-30-23(28)20-17(16-6-3-2-4-7-16)14-32-22(20)24-21(27)18-8-5-11-31-18/h2-8,11,14-15H,9-10,12-13H2,1H3,(H,24,27). The normalized spacial score (nSPS) is 15.9. The van der Waals surface area contributed by atoms with Gasteiger partial charge in [0.2, 0.25) is 0 Å². The van der Waals surface area contributed by atoms with Crippen LogP contribution in [-0.4, -0.2) is 55.1 Å². The Morgan fingerprint density at radius 2 is 1.97 bits per heavy atom. The van der Waals surface area contributed by atoms with E-state index >= 15 is 0 Å². The van der Waals surface area contributed by atoms with Gasteiger partial charge >= 0.3 is 5.97 Å². The lowest BCUT2D eigenvalue weighted by molar-refractivity contribution is -0.141. The Morgan fingerprint density at radius 1 is 1.16 bits per heavy atom. The van der Waals surface area contributed by atoms with E-state index in [1.807, 2.05) is 42.6 Å². The highest BCUT2D eigenvalue weighted by atomic mass is 32.1. The molecule has 9 heteroatoms. The largest absolute Gasteiger partial charge is 0.452 e. The molecule has 2 aromatic heterocycles. The highest BCUT2D eigenvalue weighted by molar-refractivity contribution is 7.15. The third kappa shape index (κ3) is 5.07. The molecule has 1 atom stereocenters. The fourth-order valence-corrected chi connectivity index (χ4v) is 4.96. The van der Waals surface area contributed by atoms with Crippen LogP contribution < -0.4 is 5.32 Å². The van der Waals surface area contributed by atoms with Crippen molar-refractivity contribution in [2.45, 2.75) is 13.0 Å². The van der Waals surface area contributed by atoms with Crippen LogP contribution in [0.15, 0.2) is 53.2 Å². The summed E-state index contributed by atoms with van der Waals surface area (Å²) in [6.45, 7) is 2.92. The second kappa shape index (κ2) is 10.1. The van der Waals surface area contributed by atoms with E-state index in [4.69, 9.17) is 9.47 Å². The lowest BCUT2D eigenvalue weighted by Gasteiger charge is -2.30. The maximum atomic E-state index is 13.1. The average Bonchev–Trinajstić information content (AvgIpc) is 3.48. The van der Waals surface area contributed by atoms with Crippen LogP contribution >= 0.6 is 22.7 Å². The fourth-order valence-electron chi connectivity index (χ4n) is 3.39. The number of rotatable bonds is 6. The van der Waals surface area contributed by atoms with E-state index in [0.717, 1.165) is 5.56 Å². The summed E-state index contributed by atoms with van der Waals surface area (Å²) in [7, 11) is 0. The third-order valence-corrected chi connectivity index (χ3v) is 6.74. The first-order valence-electron chi connectivity index (χ1n) is 10.1. The lowest BCUT2D eigenvalue weighted by Crippen LogP contribution is -2.46. The number of nitrogens with one attached hydrogen (secondary N) is 1. The molecule has 3 heterocycles. The number of nitrogens with zero attached hydrogens (tertiary/aromatic N) is 1. The van der Waals surface area contributed by atoms with Gasteiger partial charge < -0.3 is 19.7 Å². The molecule has 0 saturated carbocycles. The highest BCUT2D eigenvalue weighted by Gasteiger charge is 2.26. The highest BCUT2D eigenvalue weighted by Crippen LogP contribution is 2.36. The summed E-state index contributed by atoms with van der Waals surface area (Å²) in [5.74, 6) is -1.22. The van der Waals surface area contributed by atoms with Crippen LogP contribution in [0.5, 0.6) is 0 Å². The van der Waals surface area contributed by atoms with Crippen molar-refractivity contribution in [2.75, 3.05) is 31.6 Å². The van der Waals surface area contributed by atoms with Gasteiger partial charge in [-0.05, 0) is 23.9 Å². The van der Waals surface area contributed by atoms with Crippen molar-refractivity contribution in [1.82, 2.24) is 4.90 Å². The predicted octanol–water partition coefficient (Wildman–Crippen LogP) is 4.13. The topological polar surface area (TPSA) is 84.9 Å². The zero-order chi connectivity index (χ0) is 22.5. The van der Waals surface area contributed by atoms with E-state index in [0.29, 0.717) is 35.1 Å². The molecule has 1 aliphatic rings. The van der Waals surface area contributed by atoms with Gasteiger partial charge in [0.1, 0.15) is 10.6 Å². The Bertz CT molecular complexity index is 1100. The van der Waals surface area contributed by atoms with E-state index in [2.05, 4.69) is 5.32 Å². The molecule has 2 amide bonds. The second-order valence-corrected chi connectivity index (χ2v) is 9.08. The SMILES string of the molecule is CC1CN(C(=O)COC(=O)c2c(-c3ccccc3)csc2NC(=O)c2cccs2)CCO1. The van der Waals surface area contributed by atoms with Crippen molar-refractivity contribution < 1.29 is 23.9 Å². The van der Waals surface area contributed by atoms with Crippen LogP contribution in [0.3, 0.4) is 0 Å². The van der Waals surface area contributed by atoms with Crippen LogP contribution in [0.4, 0.5) is 5.00 Å². The smallest absolute Gasteiger partial charge is 0.342 e. The monoisotopic (exact) mass is 470 g/mol. The number of ether oxygens (including phenoxy) is 2. The molecule has 1 N–H and O–H groups in total. The number of morpholine rings is 1. The van der Waals surface area contributed by atoms with Gasteiger partial charge in [-0.25, -0.2) is 4.79 Å². The number of thiophene rings is 2. The summed E-state index contributed by atoms with van der Waals surface area (Å²) in [4.78, 5) is 40.3.